The van der Waals surface area contributed by atoms with Crippen LogP contribution >= 0.6 is 11.8 Å². The van der Waals surface area contributed by atoms with Crippen LogP contribution in [0.1, 0.15) is 24.4 Å². The number of rotatable bonds is 7. The summed E-state index contributed by atoms with van der Waals surface area (Å²) in [6, 6.07) is 13.6. The second kappa shape index (κ2) is 8.12. The zero-order chi connectivity index (χ0) is 19.5. The van der Waals surface area contributed by atoms with E-state index >= 15 is 0 Å². The molecule has 0 radical (unpaired) electrons. The van der Waals surface area contributed by atoms with Gasteiger partial charge in [-0.25, -0.2) is 0 Å². The molecule has 5 rings (SSSR count). The molecule has 0 N–H and O–H groups in total. The monoisotopic (exact) mass is 408 g/mol. The van der Waals surface area contributed by atoms with E-state index in [0.717, 1.165) is 35.5 Å². The van der Waals surface area contributed by atoms with Crippen molar-refractivity contribution in [1.82, 2.24) is 24.9 Å². The van der Waals surface area contributed by atoms with Gasteiger partial charge in [0, 0.05) is 18.7 Å². The van der Waals surface area contributed by atoms with Gasteiger partial charge in [0.25, 0.3) is 5.89 Å². The summed E-state index contributed by atoms with van der Waals surface area (Å²) < 4.78 is 13.1. The van der Waals surface area contributed by atoms with Crippen LogP contribution in [0.15, 0.2) is 62.8 Å². The van der Waals surface area contributed by atoms with Crippen LogP contribution in [-0.4, -0.2) is 38.0 Å². The van der Waals surface area contributed by atoms with Crippen LogP contribution in [-0.2, 0) is 12.3 Å². The van der Waals surface area contributed by atoms with Gasteiger partial charge in [0.1, 0.15) is 5.76 Å². The van der Waals surface area contributed by atoms with Crippen LogP contribution in [0.4, 0.5) is 5.95 Å². The molecule has 1 aromatic carbocycles. The van der Waals surface area contributed by atoms with Crippen LogP contribution < -0.4 is 4.90 Å². The van der Waals surface area contributed by atoms with E-state index in [4.69, 9.17) is 8.94 Å². The summed E-state index contributed by atoms with van der Waals surface area (Å²) >= 11 is 1.55. The number of furan rings is 1. The van der Waals surface area contributed by atoms with E-state index in [0.29, 0.717) is 24.0 Å². The Kier molecular flexibility index (Phi) is 5.04. The average Bonchev–Trinajstić information content (AvgIpc) is 3.54. The van der Waals surface area contributed by atoms with Crippen molar-refractivity contribution in [3.8, 4) is 11.5 Å². The van der Waals surface area contributed by atoms with Gasteiger partial charge in [-0.2, -0.15) is 4.98 Å². The first-order valence-electron chi connectivity index (χ1n) is 9.58. The van der Waals surface area contributed by atoms with Gasteiger partial charge >= 0.3 is 0 Å². The van der Waals surface area contributed by atoms with Crippen LogP contribution in [0, 0.1) is 0 Å². The van der Waals surface area contributed by atoms with Gasteiger partial charge in [0.2, 0.25) is 5.95 Å². The number of benzene rings is 1. The van der Waals surface area contributed by atoms with E-state index in [1.165, 1.54) is 12.8 Å². The second-order valence-electron chi connectivity index (χ2n) is 6.81. The largest absolute Gasteiger partial charge is 0.467 e. The Bertz CT molecular complexity index is 1050. The van der Waals surface area contributed by atoms with Crippen molar-refractivity contribution in [2.24, 2.45) is 0 Å². The second-order valence-corrected chi connectivity index (χ2v) is 7.76. The Hall–Kier alpha value is -3.07. The quantitative estimate of drug-likeness (QED) is 0.426. The third kappa shape index (κ3) is 3.91. The van der Waals surface area contributed by atoms with Gasteiger partial charge in [0.05, 0.1) is 18.6 Å². The lowest BCUT2D eigenvalue weighted by atomic mass is 10.2. The molecule has 148 valence electrons. The number of hydrogen-bond donors (Lipinski definition) is 0. The fraction of sp³-hybridized carbons (Fsp3) is 0.300. The predicted molar refractivity (Wildman–Crippen MR) is 109 cm³/mol. The highest BCUT2D eigenvalue weighted by atomic mass is 32.2. The molecule has 4 heterocycles. The Morgan fingerprint density at radius 2 is 1.86 bits per heavy atom. The topological polar surface area (TPSA) is 86.0 Å². The Morgan fingerprint density at radius 1 is 1.00 bits per heavy atom. The van der Waals surface area contributed by atoms with Crippen molar-refractivity contribution in [1.29, 1.82) is 0 Å². The standard InChI is InChI=1S/C20H20N6O2S/c1-2-7-15(8-3-1)18-21-17(24-28-18)14-29-20-23-22-19(25-10-4-5-11-25)26(20)13-16-9-6-12-27-16/h1-3,6-9,12H,4-5,10-11,13-14H2. The van der Waals surface area contributed by atoms with Gasteiger partial charge in [-0.05, 0) is 37.1 Å². The van der Waals surface area contributed by atoms with Crippen molar-refractivity contribution in [2.45, 2.75) is 30.3 Å². The van der Waals surface area contributed by atoms with Crippen molar-refractivity contribution < 1.29 is 8.94 Å². The van der Waals surface area contributed by atoms with Crippen LogP contribution in [0.3, 0.4) is 0 Å². The number of hydrogen-bond acceptors (Lipinski definition) is 8. The summed E-state index contributed by atoms with van der Waals surface area (Å²) in [6.45, 7) is 2.61. The smallest absolute Gasteiger partial charge is 0.257 e. The molecule has 0 amide bonds. The maximum absolute atomic E-state index is 5.55. The molecule has 1 saturated heterocycles. The fourth-order valence-electron chi connectivity index (χ4n) is 3.38. The van der Waals surface area contributed by atoms with Crippen molar-refractivity contribution in [3.63, 3.8) is 0 Å². The molecular weight excluding hydrogens is 388 g/mol. The average molecular weight is 408 g/mol. The molecule has 0 unspecified atom stereocenters. The van der Waals surface area contributed by atoms with E-state index in [-0.39, 0.29) is 0 Å². The summed E-state index contributed by atoms with van der Waals surface area (Å²) in [5.74, 6) is 3.46. The van der Waals surface area contributed by atoms with Crippen molar-refractivity contribution >= 4 is 17.7 Å². The molecule has 1 aliphatic rings. The third-order valence-electron chi connectivity index (χ3n) is 4.80. The lowest BCUT2D eigenvalue weighted by Crippen LogP contribution is -2.22. The van der Waals surface area contributed by atoms with E-state index in [2.05, 4.69) is 29.8 Å². The zero-order valence-electron chi connectivity index (χ0n) is 15.8. The van der Waals surface area contributed by atoms with E-state index in [1.807, 2.05) is 42.5 Å². The Labute approximate surface area is 171 Å². The van der Waals surface area contributed by atoms with Gasteiger partial charge in [0.15, 0.2) is 11.0 Å². The van der Waals surface area contributed by atoms with E-state index in [1.54, 1.807) is 18.0 Å². The normalized spacial score (nSPS) is 14.0. The molecule has 3 aromatic heterocycles. The van der Waals surface area contributed by atoms with Crippen LogP contribution in [0.5, 0.6) is 0 Å². The highest BCUT2D eigenvalue weighted by Crippen LogP contribution is 2.28. The highest BCUT2D eigenvalue weighted by Gasteiger charge is 2.22. The molecule has 1 aliphatic heterocycles. The molecule has 1 fully saturated rings. The zero-order valence-corrected chi connectivity index (χ0v) is 16.6. The minimum absolute atomic E-state index is 0.524. The summed E-state index contributed by atoms with van der Waals surface area (Å²) in [5.41, 5.74) is 0.911. The maximum atomic E-state index is 5.55. The van der Waals surface area contributed by atoms with Crippen LogP contribution in [0.25, 0.3) is 11.5 Å². The molecule has 0 saturated carbocycles. The number of aromatic nitrogens is 5. The summed E-state index contributed by atoms with van der Waals surface area (Å²) in [4.78, 5) is 6.78. The Morgan fingerprint density at radius 3 is 2.66 bits per heavy atom. The minimum atomic E-state index is 0.524. The number of anilines is 1. The maximum Gasteiger partial charge on any atom is 0.257 e. The molecule has 8 nitrogen and oxygen atoms in total. The predicted octanol–water partition coefficient (Wildman–Crippen LogP) is 3.86. The first-order chi connectivity index (χ1) is 14.4. The van der Waals surface area contributed by atoms with Gasteiger partial charge in [-0.3, -0.25) is 4.57 Å². The molecule has 29 heavy (non-hydrogen) atoms. The van der Waals surface area contributed by atoms with Crippen LogP contribution in [0.2, 0.25) is 0 Å². The number of nitrogens with zero attached hydrogens (tertiary/aromatic N) is 6. The summed E-state index contributed by atoms with van der Waals surface area (Å²) in [5, 5.41) is 13.8. The number of thioether (sulfide) groups is 1. The molecule has 0 spiro atoms. The third-order valence-corrected chi connectivity index (χ3v) is 5.76. The van der Waals surface area contributed by atoms with Crippen molar-refractivity contribution in [3.05, 3.63) is 60.3 Å². The van der Waals surface area contributed by atoms with Gasteiger partial charge in [-0.1, -0.05) is 35.1 Å². The molecular formula is C20H20N6O2S. The lowest BCUT2D eigenvalue weighted by Gasteiger charge is -2.17. The van der Waals surface area contributed by atoms with Gasteiger partial charge < -0.3 is 13.8 Å². The SMILES string of the molecule is c1ccc(-c2nc(CSc3nnc(N4CCCC4)n3Cc3ccco3)no2)cc1. The minimum Gasteiger partial charge on any atom is -0.467 e. The van der Waals surface area contributed by atoms with Crippen molar-refractivity contribution in [2.75, 3.05) is 18.0 Å². The molecule has 0 aliphatic carbocycles. The first-order valence-corrected chi connectivity index (χ1v) is 10.6. The fourth-order valence-corrected chi connectivity index (χ4v) is 4.15. The van der Waals surface area contributed by atoms with Gasteiger partial charge in [-0.15, -0.1) is 10.2 Å². The molecule has 9 heteroatoms. The molecule has 4 aromatic rings. The van der Waals surface area contributed by atoms with E-state index in [9.17, 15) is 0 Å². The molecule has 0 atom stereocenters. The lowest BCUT2D eigenvalue weighted by molar-refractivity contribution is 0.425. The first kappa shape index (κ1) is 18.0. The Balaban J connectivity index is 1.35. The van der Waals surface area contributed by atoms with E-state index < -0.39 is 0 Å². The molecule has 0 bridgehead atoms. The summed E-state index contributed by atoms with van der Waals surface area (Å²) in [7, 11) is 0. The highest BCUT2D eigenvalue weighted by molar-refractivity contribution is 7.98. The summed E-state index contributed by atoms with van der Waals surface area (Å²) in [6.07, 6.45) is 4.05.